The molecule has 0 saturated carbocycles. The molecule has 0 aromatic heterocycles. The van der Waals surface area contributed by atoms with Crippen LogP contribution in [-0.2, 0) is 15.7 Å². The van der Waals surface area contributed by atoms with Crippen molar-refractivity contribution in [3.8, 4) is 0 Å². The maximum absolute atomic E-state index is 13.6. The number of aliphatic imine (C=N–C) groups is 2. The zero-order valence-electron chi connectivity index (χ0n) is 19.6. The summed E-state index contributed by atoms with van der Waals surface area (Å²) in [5, 5.41) is 0. The average molecular weight is 481 g/mol. The number of urea groups is 1. The Morgan fingerprint density at radius 1 is 1.18 bits per heavy atom. The standard InChI is InChI=1S/C24H31F3N4O3/c1-16-3-4-17(12-20(16)24(25,26)27)18-11-19(21-13-28-22(29-21)5-8-33-2)15-31(14-18)23(32)30-6-9-34-10-7-30/h3-4,12,18-19H,5-11,13-15H2,1-2H3. The van der Waals surface area contributed by atoms with Crippen molar-refractivity contribution in [3.05, 3.63) is 34.9 Å². The number of carbonyl (C=O) groups is 1. The van der Waals surface area contributed by atoms with E-state index in [2.05, 4.69) is 9.98 Å². The summed E-state index contributed by atoms with van der Waals surface area (Å²) in [6.45, 7) is 5.31. The summed E-state index contributed by atoms with van der Waals surface area (Å²) in [6.07, 6.45) is -3.18. The van der Waals surface area contributed by atoms with E-state index >= 15 is 0 Å². The van der Waals surface area contributed by atoms with Crippen LogP contribution in [-0.4, -0.2) is 87.0 Å². The van der Waals surface area contributed by atoms with Crippen molar-refractivity contribution < 1.29 is 27.4 Å². The minimum atomic E-state index is -4.42. The number of hydrogen-bond donors (Lipinski definition) is 0. The van der Waals surface area contributed by atoms with Crippen LogP contribution in [0.15, 0.2) is 28.2 Å². The molecule has 0 N–H and O–H groups in total. The number of halogens is 3. The van der Waals surface area contributed by atoms with E-state index in [4.69, 9.17) is 9.47 Å². The molecule has 0 radical (unpaired) electrons. The lowest BCUT2D eigenvalue weighted by molar-refractivity contribution is -0.138. The van der Waals surface area contributed by atoms with E-state index in [1.54, 1.807) is 23.0 Å². The predicted molar refractivity (Wildman–Crippen MR) is 123 cm³/mol. The van der Waals surface area contributed by atoms with E-state index in [1.165, 1.54) is 19.1 Å². The van der Waals surface area contributed by atoms with Gasteiger partial charge in [-0.15, -0.1) is 0 Å². The summed E-state index contributed by atoms with van der Waals surface area (Å²) < 4.78 is 51.2. The molecular formula is C24H31F3N4O3. The highest BCUT2D eigenvalue weighted by molar-refractivity contribution is 6.05. The van der Waals surface area contributed by atoms with Crippen molar-refractivity contribution in [2.45, 2.75) is 31.9 Å². The van der Waals surface area contributed by atoms with Crippen LogP contribution >= 0.6 is 0 Å². The van der Waals surface area contributed by atoms with Gasteiger partial charge in [0.1, 0.15) is 5.84 Å². The number of alkyl halides is 3. The smallest absolute Gasteiger partial charge is 0.384 e. The number of amidine groups is 1. The molecule has 3 aliphatic heterocycles. The lowest BCUT2D eigenvalue weighted by Crippen LogP contribution is -2.53. The third kappa shape index (κ3) is 5.60. The number of aryl methyl sites for hydroxylation is 1. The Bertz CT molecular complexity index is 957. The van der Waals surface area contributed by atoms with Gasteiger partial charge in [0, 0.05) is 57.3 Å². The van der Waals surface area contributed by atoms with Crippen LogP contribution in [0, 0.1) is 12.8 Å². The van der Waals surface area contributed by atoms with Crippen molar-refractivity contribution in [3.63, 3.8) is 0 Å². The van der Waals surface area contributed by atoms with E-state index in [0.717, 1.165) is 11.5 Å². The van der Waals surface area contributed by atoms with Gasteiger partial charge >= 0.3 is 12.2 Å². The Hall–Kier alpha value is -2.46. The Balaban J connectivity index is 1.59. The van der Waals surface area contributed by atoms with Crippen LogP contribution in [0.5, 0.6) is 0 Å². The number of methoxy groups -OCH3 is 1. The van der Waals surface area contributed by atoms with Gasteiger partial charge in [-0.25, -0.2) is 9.79 Å². The van der Waals surface area contributed by atoms with Gasteiger partial charge in [0.2, 0.25) is 0 Å². The van der Waals surface area contributed by atoms with Gasteiger partial charge in [-0.3, -0.25) is 4.99 Å². The van der Waals surface area contributed by atoms with E-state index in [0.29, 0.717) is 70.9 Å². The second-order valence-corrected chi connectivity index (χ2v) is 9.07. The number of piperidine rings is 1. The Morgan fingerprint density at radius 3 is 2.62 bits per heavy atom. The average Bonchev–Trinajstić information content (AvgIpc) is 3.31. The second-order valence-electron chi connectivity index (χ2n) is 9.07. The number of morpholine rings is 1. The number of rotatable bonds is 5. The first kappa shape index (κ1) is 24.7. The summed E-state index contributed by atoms with van der Waals surface area (Å²) in [6, 6.07) is 4.43. The van der Waals surface area contributed by atoms with Crippen LogP contribution in [0.1, 0.15) is 35.4 Å². The molecule has 4 rings (SSSR count). The van der Waals surface area contributed by atoms with Crippen molar-refractivity contribution in [1.82, 2.24) is 9.80 Å². The van der Waals surface area contributed by atoms with Gasteiger partial charge < -0.3 is 19.3 Å². The van der Waals surface area contributed by atoms with Crippen LogP contribution < -0.4 is 0 Å². The topological polar surface area (TPSA) is 66.7 Å². The molecule has 2 saturated heterocycles. The quantitative estimate of drug-likeness (QED) is 0.645. The Labute approximate surface area is 197 Å². The lowest BCUT2D eigenvalue weighted by Gasteiger charge is -2.41. The molecule has 0 aliphatic carbocycles. The van der Waals surface area contributed by atoms with Gasteiger partial charge in [-0.2, -0.15) is 13.2 Å². The number of hydrogen-bond acceptors (Lipinski definition) is 5. The molecule has 7 nitrogen and oxygen atoms in total. The first-order valence-electron chi connectivity index (χ1n) is 11.7. The highest BCUT2D eigenvalue weighted by Gasteiger charge is 2.38. The number of likely N-dealkylation sites (tertiary alicyclic amines) is 1. The van der Waals surface area contributed by atoms with Crippen LogP contribution in [0.25, 0.3) is 0 Å². The fraction of sp³-hybridized carbons (Fsp3) is 0.625. The van der Waals surface area contributed by atoms with E-state index in [1.807, 2.05) is 0 Å². The first-order chi connectivity index (χ1) is 16.3. The van der Waals surface area contributed by atoms with Gasteiger partial charge in [-0.05, 0) is 30.5 Å². The van der Waals surface area contributed by atoms with Gasteiger partial charge in [-0.1, -0.05) is 12.1 Å². The molecule has 0 spiro atoms. The second kappa shape index (κ2) is 10.4. The zero-order chi connectivity index (χ0) is 24.3. The largest absolute Gasteiger partial charge is 0.416 e. The summed E-state index contributed by atoms with van der Waals surface area (Å²) >= 11 is 0. The molecule has 2 amide bonds. The molecule has 34 heavy (non-hydrogen) atoms. The molecule has 1 aromatic carbocycles. The molecule has 186 valence electrons. The lowest BCUT2D eigenvalue weighted by atomic mass is 9.81. The summed E-state index contributed by atoms with van der Waals surface area (Å²) in [5.74, 6) is 0.430. The predicted octanol–water partition coefficient (Wildman–Crippen LogP) is 3.76. The third-order valence-corrected chi connectivity index (χ3v) is 6.74. The molecule has 0 bridgehead atoms. The number of benzene rings is 1. The highest BCUT2D eigenvalue weighted by atomic mass is 19.4. The molecule has 2 unspecified atom stereocenters. The minimum absolute atomic E-state index is 0.0665. The Morgan fingerprint density at radius 2 is 1.91 bits per heavy atom. The molecule has 2 atom stereocenters. The fourth-order valence-corrected chi connectivity index (χ4v) is 4.85. The molecule has 2 fully saturated rings. The minimum Gasteiger partial charge on any atom is -0.384 e. The number of carbonyl (C=O) groups excluding carboxylic acids is 1. The number of amides is 2. The maximum Gasteiger partial charge on any atom is 0.416 e. The van der Waals surface area contributed by atoms with Crippen molar-refractivity contribution in [1.29, 1.82) is 0 Å². The monoisotopic (exact) mass is 480 g/mol. The zero-order valence-corrected chi connectivity index (χ0v) is 19.6. The normalized spacial score (nSPS) is 23.7. The highest BCUT2D eigenvalue weighted by Crippen LogP contribution is 2.37. The number of nitrogens with zero attached hydrogens (tertiary/aromatic N) is 4. The van der Waals surface area contributed by atoms with E-state index in [-0.39, 0.29) is 23.4 Å². The van der Waals surface area contributed by atoms with Crippen LogP contribution in [0.4, 0.5) is 18.0 Å². The van der Waals surface area contributed by atoms with Crippen molar-refractivity contribution >= 4 is 17.6 Å². The third-order valence-electron chi connectivity index (χ3n) is 6.74. The van der Waals surface area contributed by atoms with E-state index in [9.17, 15) is 18.0 Å². The van der Waals surface area contributed by atoms with Crippen LogP contribution in [0.3, 0.4) is 0 Å². The van der Waals surface area contributed by atoms with E-state index < -0.39 is 11.7 Å². The summed E-state index contributed by atoms with van der Waals surface area (Å²) in [5.41, 5.74) is 1.06. The summed E-state index contributed by atoms with van der Waals surface area (Å²) in [7, 11) is 1.62. The molecular weight excluding hydrogens is 449 g/mol. The first-order valence-corrected chi connectivity index (χ1v) is 11.7. The summed E-state index contributed by atoms with van der Waals surface area (Å²) in [4.78, 5) is 26.0. The number of ether oxygens (including phenoxy) is 2. The molecule has 1 aromatic rings. The van der Waals surface area contributed by atoms with Gasteiger partial charge in [0.15, 0.2) is 0 Å². The van der Waals surface area contributed by atoms with Crippen molar-refractivity contribution in [2.75, 3.05) is 59.7 Å². The van der Waals surface area contributed by atoms with Crippen LogP contribution in [0.2, 0.25) is 0 Å². The maximum atomic E-state index is 13.6. The molecule has 10 heteroatoms. The SMILES string of the molecule is COCCC1=NCC(C2CC(c3ccc(C)c(C(F)(F)F)c3)CN(C(=O)N3CCOCC3)C2)=N1. The molecule has 3 aliphatic rings. The molecule has 3 heterocycles. The van der Waals surface area contributed by atoms with Crippen molar-refractivity contribution in [2.24, 2.45) is 15.9 Å². The fourth-order valence-electron chi connectivity index (χ4n) is 4.85. The Kier molecular flexibility index (Phi) is 7.57. The van der Waals surface area contributed by atoms with Gasteiger partial charge in [0.25, 0.3) is 0 Å². The van der Waals surface area contributed by atoms with Gasteiger partial charge in [0.05, 0.1) is 31.9 Å².